The molecule has 112 valence electrons. The number of aromatic nitrogens is 3. The van der Waals surface area contributed by atoms with Gasteiger partial charge in [0.25, 0.3) is 5.56 Å². The van der Waals surface area contributed by atoms with Gasteiger partial charge in [0.1, 0.15) is 11.5 Å². The van der Waals surface area contributed by atoms with Gasteiger partial charge in [-0.2, -0.15) is 0 Å². The summed E-state index contributed by atoms with van der Waals surface area (Å²) in [5, 5.41) is 0.500. The van der Waals surface area contributed by atoms with Crippen molar-refractivity contribution in [1.82, 2.24) is 14.5 Å². The quantitative estimate of drug-likeness (QED) is 0.735. The Morgan fingerprint density at radius 2 is 1.86 bits per heavy atom. The molecule has 0 saturated carbocycles. The monoisotopic (exact) mass is 297 g/mol. The Bertz CT molecular complexity index is 852. The van der Waals surface area contributed by atoms with Crippen molar-refractivity contribution in [1.29, 1.82) is 0 Å². The van der Waals surface area contributed by atoms with E-state index in [9.17, 15) is 4.79 Å². The number of benzene rings is 1. The molecule has 3 rings (SSSR count). The van der Waals surface area contributed by atoms with E-state index in [0.29, 0.717) is 28.9 Å². The van der Waals surface area contributed by atoms with Crippen molar-refractivity contribution in [2.75, 3.05) is 14.2 Å². The van der Waals surface area contributed by atoms with E-state index in [4.69, 9.17) is 9.47 Å². The zero-order chi connectivity index (χ0) is 15.5. The minimum atomic E-state index is -0.125. The molecule has 22 heavy (non-hydrogen) atoms. The molecule has 2 aromatic heterocycles. The van der Waals surface area contributed by atoms with Crippen LogP contribution in [0.25, 0.3) is 10.9 Å². The summed E-state index contributed by atoms with van der Waals surface area (Å²) in [6, 6.07) is 7.23. The topological polar surface area (TPSA) is 66.2 Å². The lowest BCUT2D eigenvalue weighted by Gasteiger charge is -2.10. The smallest absolute Gasteiger partial charge is 0.263 e. The van der Waals surface area contributed by atoms with Crippen LogP contribution in [0.2, 0.25) is 0 Å². The number of fused-ring (bicyclic) bond motifs is 1. The first-order valence-corrected chi connectivity index (χ1v) is 6.72. The van der Waals surface area contributed by atoms with Crippen LogP contribution < -0.4 is 15.0 Å². The van der Waals surface area contributed by atoms with Gasteiger partial charge in [-0.25, -0.2) is 4.98 Å². The van der Waals surface area contributed by atoms with Crippen LogP contribution in [0.3, 0.4) is 0 Å². The number of hydrogen-bond acceptors (Lipinski definition) is 5. The minimum absolute atomic E-state index is 0.125. The maximum Gasteiger partial charge on any atom is 0.263 e. The maximum absolute atomic E-state index is 12.5. The first kappa shape index (κ1) is 14.1. The van der Waals surface area contributed by atoms with E-state index >= 15 is 0 Å². The molecule has 2 heterocycles. The summed E-state index contributed by atoms with van der Waals surface area (Å²) in [5.74, 6) is 1.36. The van der Waals surface area contributed by atoms with Gasteiger partial charge in [-0.1, -0.05) is 0 Å². The van der Waals surface area contributed by atoms with Crippen LogP contribution >= 0.6 is 0 Å². The second kappa shape index (κ2) is 5.85. The number of methoxy groups -OCH3 is 2. The predicted molar refractivity (Wildman–Crippen MR) is 82.4 cm³/mol. The third-order valence-electron chi connectivity index (χ3n) is 3.39. The summed E-state index contributed by atoms with van der Waals surface area (Å²) in [5.41, 5.74) is 1.41. The van der Waals surface area contributed by atoms with Gasteiger partial charge in [-0.3, -0.25) is 14.3 Å². The Labute approximate surface area is 127 Å². The first-order chi connectivity index (χ1) is 10.7. The highest BCUT2D eigenvalue weighted by Gasteiger charge is 2.07. The summed E-state index contributed by atoms with van der Waals surface area (Å²) in [6.45, 7) is 0.379. The van der Waals surface area contributed by atoms with Crippen LogP contribution in [0.5, 0.6) is 11.5 Å². The molecule has 0 aliphatic rings. The van der Waals surface area contributed by atoms with E-state index < -0.39 is 0 Å². The Balaban J connectivity index is 2.03. The Kier molecular flexibility index (Phi) is 3.74. The summed E-state index contributed by atoms with van der Waals surface area (Å²) in [7, 11) is 3.18. The predicted octanol–water partition coefficient (Wildman–Crippen LogP) is 1.86. The molecule has 0 unspecified atom stereocenters. The fraction of sp³-hybridized carbons (Fsp3) is 0.188. The molecule has 0 amide bonds. The van der Waals surface area contributed by atoms with E-state index in [1.165, 1.54) is 17.1 Å². The van der Waals surface area contributed by atoms with Gasteiger partial charge in [0.05, 0.1) is 38.0 Å². The number of pyridine rings is 1. The SMILES string of the molecule is COc1cc(Cn2cnc3ccncc3c2=O)cc(OC)c1. The van der Waals surface area contributed by atoms with Crippen LogP contribution in [0, 0.1) is 0 Å². The van der Waals surface area contributed by atoms with E-state index in [1.54, 1.807) is 32.5 Å². The largest absolute Gasteiger partial charge is 0.497 e. The molecule has 0 spiro atoms. The Morgan fingerprint density at radius 3 is 2.55 bits per heavy atom. The summed E-state index contributed by atoms with van der Waals surface area (Å²) in [6.07, 6.45) is 4.69. The number of nitrogens with zero attached hydrogens (tertiary/aromatic N) is 3. The summed E-state index contributed by atoms with van der Waals surface area (Å²) < 4.78 is 12.0. The second-order valence-electron chi connectivity index (χ2n) is 4.79. The van der Waals surface area contributed by atoms with Crippen LogP contribution in [0.4, 0.5) is 0 Å². The number of rotatable bonds is 4. The van der Waals surface area contributed by atoms with Crippen molar-refractivity contribution < 1.29 is 9.47 Å². The molecule has 0 fully saturated rings. The molecule has 6 nitrogen and oxygen atoms in total. The lowest BCUT2D eigenvalue weighted by atomic mass is 10.2. The fourth-order valence-corrected chi connectivity index (χ4v) is 2.27. The van der Waals surface area contributed by atoms with Crippen LogP contribution in [0.15, 0.2) is 47.8 Å². The lowest BCUT2D eigenvalue weighted by Crippen LogP contribution is -2.21. The molecular formula is C16H15N3O3. The van der Waals surface area contributed by atoms with Gasteiger partial charge in [-0.05, 0) is 23.8 Å². The van der Waals surface area contributed by atoms with Crippen molar-refractivity contribution in [3.63, 3.8) is 0 Å². The molecule has 0 radical (unpaired) electrons. The normalized spacial score (nSPS) is 10.6. The van der Waals surface area contributed by atoms with Gasteiger partial charge < -0.3 is 9.47 Å². The molecule has 0 saturated heterocycles. The molecule has 3 aromatic rings. The van der Waals surface area contributed by atoms with E-state index in [0.717, 1.165) is 5.56 Å². The summed E-state index contributed by atoms with van der Waals surface area (Å²) >= 11 is 0. The molecule has 6 heteroatoms. The van der Waals surface area contributed by atoms with E-state index in [1.807, 2.05) is 12.1 Å². The molecule has 0 atom stereocenters. The molecule has 0 aliphatic carbocycles. The highest BCUT2D eigenvalue weighted by molar-refractivity contribution is 5.75. The highest BCUT2D eigenvalue weighted by atomic mass is 16.5. The molecule has 0 bridgehead atoms. The van der Waals surface area contributed by atoms with Gasteiger partial charge in [0, 0.05) is 18.5 Å². The Morgan fingerprint density at radius 1 is 1.14 bits per heavy atom. The van der Waals surface area contributed by atoms with E-state index in [2.05, 4.69) is 9.97 Å². The van der Waals surface area contributed by atoms with Crippen molar-refractivity contribution in [3.05, 3.63) is 58.9 Å². The molecular weight excluding hydrogens is 282 g/mol. The van der Waals surface area contributed by atoms with Gasteiger partial charge in [0.2, 0.25) is 0 Å². The zero-order valence-corrected chi connectivity index (χ0v) is 12.3. The van der Waals surface area contributed by atoms with Crippen LogP contribution in [0.1, 0.15) is 5.56 Å². The third-order valence-corrected chi connectivity index (χ3v) is 3.39. The Hall–Kier alpha value is -2.89. The molecule has 1 aromatic carbocycles. The van der Waals surface area contributed by atoms with Gasteiger partial charge in [0.15, 0.2) is 0 Å². The lowest BCUT2D eigenvalue weighted by molar-refractivity contribution is 0.393. The van der Waals surface area contributed by atoms with E-state index in [-0.39, 0.29) is 5.56 Å². The average molecular weight is 297 g/mol. The second-order valence-corrected chi connectivity index (χ2v) is 4.79. The van der Waals surface area contributed by atoms with Crippen LogP contribution in [-0.4, -0.2) is 28.8 Å². The number of hydrogen-bond donors (Lipinski definition) is 0. The fourth-order valence-electron chi connectivity index (χ4n) is 2.27. The van der Waals surface area contributed by atoms with Crippen molar-refractivity contribution in [2.24, 2.45) is 0 Å². The molecule has 0 aliphatic heterocycles. The molecule has 0 N–H and O–H groups in total. The van der Waals surface area contributed by atoms with Crippen molar-refractivity contribution >= 4 is 10.9 Å². The van der Waals surface area contributed by atoms with Crippen molar-refractivity contribution in [2.45, 2.75) is 6.54 Å². The van der Waals surface area contributed by atoms with Crippen LogP contribution in [-0.2, 0) is 6.54 Å². The maximum atomic E-state index is 12.5. The third kappa shape index (κ3) is 2.63. The number of ether oxygens (including phenoxy) is 2. The van der Waals surface area contributed by atoms with Crippen molar-refractivity contribution in [3.8, 4) is 11.5 Å². The average Bonchev–Trinajstić information content (AvgIpc) is 2.57. The summed E-state index contributed by atoms with van der Waals surface area (Å²) in [4.78, 5) is 20.7. The van der Waals surface area contributed by atoms with Gasteiger partial charge in [-0.15, -0.1) is 0 Å². The standard InChI is InChI=1S/C16H15N3O3/c1-21-12-5-11(6-13(7-12)22-2)9-19-10-18-15-3-4-17-8-14(15)16(19)20/h3-8,10H,9H2,1-2H3. The van der Waals surface area contributed by atoms with Gasteiger partial charge >= 0.3 is 0 Å². The minimum Gasteiger partial charge on any atom is -0.497 e. The first-order valence-electron chi connectivity index (χ1n) is 6.72. The zero-order valence-electron chi connectivity index (χ0n) is 12.3. The highest BCUT2D eigenvalue weighted by Crippen LogP contribution is 2.22.